The number of methoxy groups -OCH3 is 1. The Bertz CT molecular complexity index is 805. The van der Waals surface area contributed by atoms with Crippen LogP contribution in [0.15, 0.2) is 35.6 Å². The number of hydrogen-bond acceptors (Lipinski definition) is 5. The highest BCUT2D eigenvalue weighted by Gasteiger charge is 2.25. The Morgan fingerprint density at radius 1 is 1.39 bits per heavy atom. The SMILES string of the molecule is CCOc1ccc(CNC(=NC)N2CCOC(c3cnn(C)c3)C2)cc1OC. The Morgan fingerprint density at radius 2 is 2.25 bits per heavy atom. The van der Waals surface area contributed by atoms with E-state index in [4.69, 9.17) is 14.2 Å². The molecule has 0 radical (unpaired) electrons. The lowest BCUT2D eigenvalue weighted by Crippen LogP contribution is -2.47. The highest BCUT2D eigenvalue weighted by atomic mass is 16.5. The molecule has 1 unspecified atom stereocenters. The van der Waals surface area contributed by atoms with Crippen LogP contribution in [-0.4, -0.2) is 61.1 Å². The predicted molar refractivity (Wildman–Crippen MR) is 108 cm³/mol. The van der Waals surface area contributed by atoms with E-state index in [0.717, 1.165) is 41.7 Å². The first-order chi connectivity index (χ1) is 13.6. The minimum atomic E-state index is -0.00781. The van der Waals surface area contributed by atoms with E-state index in [9.17, 15) is 0 Å². The second-order valence-electron chi connectivity index (χ2n) is 6.57. The molecule has 0 amide bonds. The minimum absolute atomic E-state index is 0.00781. The van der Waals surface area contributed by atoms with Gasteiger partial charge in [-0.15, -0.1) is 0 Å². The summed E-state index contributed by atoms with van der Waals surface area (Å²) in [6, 6.07) is 5.96. The summed E-state index contributed by atoms with van der Waals surface area (Å²) in [7, 11) is 5.37. The van der Waals surface area contributed by atoms with E-state index in [1.54, 1.807) is 18.8 Å². The summed E-state index contributed by atoms with van der Waals surface area (Å²) in [5.41, 5.74) is 2.18. The molecule has 2 aromatic rings. The summed E-state index contributed by atoms with van der Waals surface area (Å²) in [5.74, 6) is 2.34. The minimum Gasteiger partial charge on any atom is -0.493 e. The van der Waals surface area contributed by atoms with Crippen molar-refractivity contribution in [3.8, 4) is 11.5 Å². The Balaban J connectivity index is 1.62. The smallest absolute Gasteiger partial charge is 0.194 e. The zero-order valence-corrected chi connectivity index (χ0v) is 17.0. The molecule has 1 aromatic carbocycles. The first-order valence-corrected chi connectivity index (χ1v) is 9.50. The summed E-state index contributed by atoms with van der Waals surface area (Å²) in [5, 5.41) is 7.68. The third-order valence-corrected chi connectivity index (χ3v) is 4.65. The quantitative estimate of drug-likeness (QED) is 0.604. The molecule has 1 N–H and O–H groups in total. The maximum Gasteiger partial charge on any atom is 0.194 e. The summed E-state index contributed by atoms with van der Waals surface area (Å²) in [4.78, 5) is 6.66. The van der Waals surface area contributed by atoms with E-state index in [1.807, 2.05) is 44.6 Å². The molecule has 1 aliphatic rings. The van der Waals surface area contributed by atoms with Crippen LogP contribution >= 0.6 is 0 Å². The number of aromatic nitrogens is 2. The summed E-state index contributed by atoms with van der Waals surface area (Å²) in [6.45, 7) is 5.39. The summed E-state index contributed by atoms with van der Waals surface area (Å²) >= 11 is 0. The van der Waals surface area contributed by atoms with Gasteiger partial charge < -0.3 is 24.4 Å². The number of benzene rings is 1. The van der Waals surface area contributed by atoms with Crippen LogP contribution in [-0.2, 0) is 18.3 Å². The molecule has 1 aromatic heterocycles. The third kappa shape index (κ3) is 4.75. The lowest BCUT2D eigenvalue weighted by molar-refractivity contribution is -0.00805. The van der Waals surface area contributed by atoms with Crippen LogP contribution in [0.5, 0.6) is 11.5 Å². The molecular formula is C20H29N5O3. The lowest BCUT2D eigenvalue weighted by atomic mass is 10.1. The van der Waals surface area contributed by atoms with Gasteiger partial charge >= 0.3 is 0 Å². The number of aliphatic imine (C=N–C) groups is 1. The van der Waals surface area contributed by atoms with E-state index in [1.165, 1.54) is 0 Å². The first-order valence-electron chi connectivity index (χ1n) is 9.50. The summed E-state index contributed by atoms with van der Waals surface area (Å²) in [6.07, 6.45) is 3.85. The van der Waals surface area contributed by atoms with Crippen molar-refractivity contribution in [2.75, 3.05) is 40.5 Å². The van der Waals surface area contributed by atoms with Gasteiger partial charge in [0.15, 0.2) is 17.5 Å². The molecule has 8 nitrogen and oxygen atoms in total. The largest absolute Gasteiger partial charge is 0.493 e. The lowest BCUT2D eigenvalue weighted by Gasteiger charge is -2.34. The summed E-state index contributed by atoms with van der Waals surface area (Å²) < 4.78 is 18.7. The van der Waals surface area contributed by atoms with E-state index in [2.05, 4.69) is 20.3 Å². The number of nitrogens with zero attached hydrogens (tertiary/aromatic N) is 4. The van der Waals surface area contributed by atoms with Crippen molar-refractivity contribution in [1.29, 1.82) is 0 Å². The van der Waals surface area contributed by atoms with Crippen LogP contribution < -0.4 is 14.8 Å². The van der Waals surface area contributed by atoms with E-state index >= 15 is 0 Å². The van der Waals surface area contributed by atoms with E-state index < -0.39 is 0 Å². The molecule has 1 atom stereocenters. The van der Waals surface area contributed by atoms with Crippen molar-refractivity contribution in [2.24, 2.45) is 12.0 Å². The number of morpholine rings is 1. The van der Waals surface area contributed by atoms with Crippen molar-refractivity contribution in [3.05, 3.63) is 41.7 Å². The molecule has 152 valence electrons. The van der Waals surface area contributed by atoms with Crippen LogP contribution in [0.3, 0.4) is 0 Å². The zero-order chi connectivity index (χ0) is 19.9. The number of rotatable bonds is 6. The van der Waals surface area contributed by atoms with Gasteiger partial charge in [0.2, 0.25) is 0 Å². The first kappa shape index (κ1) is 20.0. The maximum absolute atomic E-state index is 5.92. The number of hydrogen-bond donors (Lipinski definition) is 1. The predicted octanol–water partition coefficient (Wildman–Crippen LogP) is 1.98. The van der Waals surface area contributed by atoms with Crippen LogP contribution in [0.2, 0.25) is 0 Å². The van der Waals surface area contributed by atoms with Crippen LogP contribution in [0.25, 0.3) is 0 Å². The average molecular weight is 387 g/mol. The second kappa shape index (κ2) is 9.45. The zero-order valence-electron chi connectivity index (χ0n) is 17.0. The van der Waals surface area contributed by atoms with Gasteiger partial charge in [-0.25, -0.2) is 0 Å². The molecule has 0 spiro atoms. The fourth-order valence-electron chi connectivity index (χ4n) is 3.26. The van der Waals surface area contributed by atoms with Gasteiger partial charge in [0.25, 0.3) is 0 Å². The standard InChI is InChI=1S/C20H29N5O3/c1-5-27-17-7-6-15(10-18(17)26-4)11-22-20(21-2)25-8-9-28-19(14-25)16-12-23-24(3)13-16/h6-7,10,12-13,19H,5,8-9,11,14H2,1-4H3,(H,21,22). The molecule has 28 heavy (non-hydrogen) atoms. The van der Waals surface area contributed by atoms with E-state index in [-0.39, 0.29) is 6.10 Å². The average Bonchev–Trinajstić information content (AvgIpc) is 3.16. The Morgan fingerprint density at radius 3 is 2.93 bits per heavy atom. The van der Waals surface area contributed by atoms with Crippen LogP contribution in [0, 0.1) is 0 Å². The fourth-order valence-corrected chi connectivity index (χ4v) is 3.26. The second-order valence-corrected chi connectivity index (χ2v) is 6.57. The molecule has 1 saturated heterocycles. The van der Waals surface area contributed by atoms with Gasteiger partial charge in [-0.3, -0.25) is 9.67 Å². The molecule has 0 aliphatic carbocycles. The number of aryl methyl sites for hydroxylation is 1. The topological polar surface area (TPSA) is 73.1 Å². The molecule has 1 aliphatic heterocycles. The highest BCUT2D eigenvalue weighted by Crippen LogP contribution is 2.28. The van der Waals surface area contributed by atoms with Gasteiger partial charge in [0, 0.05) is 38.9 Å². The van der Waals surface area contributed by atoms with Crippen LogP contribution in [0.4, 0.5) is 0 Å². The van der Waals surface area contributed by atoms with Crippen molar-refractivity contribution < 1.29 is 14.2 Å². The van der Waals surface area contributed by atoms with Gasteiger partial charge in [0.1, 0.15) is 6.10 Å². The number of guanidine groups is 1. The van der Waals surface area contributed by atoms with Gasteiger partial charge in [-0.2, -0.15) is 5.10 Å². The molecule has 8 heteroatoms. The molecule has 1 fully saturated rings. The van der Waals surface area contributed by atoms with Gasteiger partial charge in [0.05, 0.1) is 33.1 Å². The molecule has 3 rings (SSSR count). The normalized spacial score (nSPS) is 17.5. The highest BCUT2D eigenvalue weighted by molar-refractivity contribution is 5.80. The van der Waals surface area contributed by atoms with E-state index in [0.29, 0.717) is 19.8 Å². The molecule has 2 heterocycles. The Hall–Kier alpha value is -2.74. The fraction of sp³-hybridized carbons (Fsp3) is 0.500. The van der Waals surface area contributed by atoms with Gasteiger partial charge in [-0.05, 0) is 24.6 Å². The molecule has 0 saturated carbocycles. The van der Waals surface area contributed by atoms with Crippen molar-refractivity contribution in [3.63, 3.8) is 0 Å². The monoisotopic (exact) mass is 387 g/mol. The maximum atomic E-state index is 5.92. The molecule has 0 bridgehead atoms. The van der Waals surface area contributed by atoms with Crippen molar-refractivity contribution in [1.82, 2.24) is 20.0 Å². The van der Waals surface area contributed by atoms with Crippen molar-refractivity contribution in [2.45, 2.75) is 19.6 Å². The van der Waals surface area contributed by atoms with Crippen molar-refractivity contribution >= 4 is 5.96 Å². The third-order valence-electron chi connectivity index (χ3n) is 4.65. The Kier molecular flexibility index (Phi) is 6.76. The van der Waals surface area contributed by atoms with Crippen LogP contribution in [0.1, 0.15) is 24.2 Å². The number of nitrogens with one attached hydrogen (secondary N) is 1. The van der Waals surface area contributed by atoms with Gasteiger partial charge in [-0.1, -0.05) is 6.07 Å². The Labute approximate surface area is 166 Å². The number of ether oxygens (including phenoxy) is 3. The molecular weight excluding hydrogens is 358 g/mol.